The fraction of sp³-hybridized carbons (Fsp3) is 0.421. The van der Waals surface area contributed by atoms with Crippen LogP contribution >= 0.6 is 11.6 Å². The van der Waals surface area contributed by atoms with E-state index in [1.54, 1.807) is 12.1 Å². The summed E-state index contributed by atoms with van der Waals surface area (Å²) in [4.78, 5) is 26.5. The molecule has 0 spiro atoms. The second kappa shape index (κ2) is 7.11. The minimum absolute atomic E-state index is 0.0867. The predicted octanol–water partition coefficient (Wildman–Crippen LogP) is 2.86. The summed E-state index contributed by atoms with van der Waals surface area (Å²) in [5.74, 6) is 0.378. The number of carbonyl (C=O) groups excluding carboxylic acids is 2. The highest BCUT2D eigenvalue weighted by molar-refractivity contribution is 6.30. The lowest BCUT2D eigenvalue weighted by Gasteiger charge is -2.32. The van der Waals surface area contributed by atoms with Gasteiger partial charge in [0.25, 0.3) is 5.91 Å². The number of rotatable bonds is 4. The molecule has 0 radical (unpaired) electrons. The molecule has 136 valence electrons. The van der Waals surface area contributed by atoms with Gasteiger partial charge in [-0.25, -0.2) is 0 Å². The van der Waals surface area contributed by atoms with E-state index >= 15 is 0 Å². The smallest absolute Gasteiger partial charge is 0.269 e. The van der Waals surface area contributed by atoms with Crippen LogP contribution in [0.2, 0.25) is 5.02 Å². The Labute approximate surface area is 156 Å². The number of halogens is 1. The van der Waals surface area contributed by atoms with E-state index in [9.17, 15) is 9.59 Å². The number of benzene rings is 1. The lowest BCUT2D eigenvalue weighted by atomic mass is 10.0. The molecule has 1 aliphatic heterocycles. The largest absolute Gasteiger partial charge is 0.348 e. The van der Waals surface area contributed by atoms with Gasteiger partial charge in [0.1, 0.15) is 5.69 Å². The van der Waals surface area contributed by atoms with Crippen molar-refractivity contribution in [1.29, 1.82) is 0 Å². The molecule has 2 amide bonds. The number of aromatic amines is 1. The molecule has 0 atom stereocenters. The molecule has 1 aromatic heterocycles. The Bertz CT molecular complexity index is 822. The first kappa shape index (κ1) is 17.1. The average molecular weight is 373 g/mol. The quantitative estimate of drug-likeness (QED) is 0.866. The maximum Gasteiger partial charge on any atom is 0.269 e. The number of likely N-dealkylation sites (tertiary alicyclic amines) is 1. The zero-order chi connectivity index (χ0) is 18.1. The lowest BCUT2D eigenvalue weighted by molar-refractivity contribution is -0.133. The Morgan fingerprint density at radius 1 is 1.15 bits per heavy atom. The molecule has 1 aromatic carbocycles. The van der Waals surface area contributed by atoms with Crippen LogP contribution in [0.1, 0.15) is 36.2 Å². The number of hydrogen-bond donors (Lipinski definition) is 2. The first-order valence-electron chi connectivity index (χ1n) is 9.01. The molecular formula is C19H21ClN4O2. The van der Waals surface area contributed by atoms with Crippen molar-refractivity contribution in [2.75, 3.05) is 13.1 Å². The van der Waals surface area contributed by atoms with E-state index in [4.69, 9.17) is 11.6 Å². The summed E-state index contributed by atoms with van der Waals surface area (Å²) in [7, 11) is 0. The minimum Gasteiger partial charge on any atom is -0.348 e. The molecular weight excluding hydrogens is 352 g/mol. The van der Waals surface area contributed by atoms with Gasteiger partial charge in [0.2, 0.25) is 5.91 Å². The van der Waals surface area contributed by atoms with Gasteiger partial charge in [0.15, 0.2) is 0 Å². The molecule has 2 aliphatic rings. The van der Waals surface area contributed by atoms with Crippen molar-refractivity contribution in [3.8, 4) is 11.3 Å². The van der Waals surface area contributed by atoms with Gasteiger partial charge in [-0.2, -0.15) is 5.10 Å². The van der Waals surface area contributed by atoms with Crippen LogP contribution in [0.15, 0.2) is 30.3 Å². The van der Waals surface area contributed by atoms with Gasteiger partial charge in [-0.15, -0.1) is 0 Å². The summed E-state index contributed by atoms with van der Waals surface area (Å²) in [6.07, 6.45) is 3.65. The zero-order valence-corrected chi connectivity index (χ0v) is 15.1. The van der Waals surface area contributed by atoms with Gasteiger partial charge < -0.3 is 10.2 Å². The van der Waals surface area contributed by atoms with E-state index in [1.165, 1.54) is 0 Å². The second-order valence-corrected chi connectivity index (χ2v) is 7.46. The maximum absolute atomic E-state index is 12.5. The first-order chi connectivity index (χ1) is 12.6. The third kappa shape index (κ3) is 3.75. The van der Waals surface area contributed by atoms with Crippen molar-refractivity contribution in [2.24, 2.45) is 5.92 Å². The molecule has 1 saturated carbocycles. The molecule has 2 aromatic rings. The van der Waals surface area contributed by atoms with Gasteiger partial charge in [-0.05, 0) is 43.9 Å². The normalized spacial score (nSPS) is 18.0. The van der Waals surface area contributed by atoms with Gasteiger partial charge in [-0.3, -0.25) is 14.7 Å². The molecule has 26 heavy (non-hydrogen) atoms. The summed E-state index contributed by atoms with van der Waals surface area (Å²) < 4.78 is 0. The van der Waals surface area contributed by atoms with Crippen LogP contribution in [0.5, 0.6) is 0 Å². The van der Waals surface area contributed by atoms with E-state index < -0.39 is 0 Å². The Morgan fingerprint density at radius 2 is 1.92 bits per heavy atom. The van der Waals surface area contributed by atoms with Crippen LogP contribution in [0.3, 0.4) is 0 Å². The summed E-state index contributed by atoms with van der Waals surface area (Å²) in [5.41, 5.74) is 1.97. The monoisotopic (exact) mass is 372 g/mol. The lowest BCUT2D eigenvalue weighted by Crippen LogP contribution is -2.47. The first-order valence-corrected chi connectivity index (χ1v) is 9.39. The second-order valence-electron chi connectivity index (χ2n) is 7.02. The standard InChI is InChI=1S/C19H21ClN4O2/c20-14-3-1-2-13(10-14)16-11-17(23-22-16)18(25)21-15-6-8-24(9-7-15)19(26)12-4-5-12/h1-3,10-12,15H,4-9H2,(H,21,25)(H,22,23). The van der Waals surface area contributed by atoms with Crippen LogP contribution in [0.25, 0.3) is 11.3 Å². The van der Waals surface area contributed by atoms with E-state index in [-0.39, 0.29) is 23.8 Å². The number of amides is 2. The van der Waals surface area contributed by atoms with Crippen molar-refractivity contribution in [2.45, 2.75) is 31.7 Å². The molecule has 0 bridgehead atoms. The molecule has 1 aliphatic carbocycles. The Morgan fingerprint density at radius 3 is 2.62 bits per heavy atom. The molecule has 0 unspecified atom stereocenters. The van der Waals surface area contributed by atoms with Gasteiger partial charge in [-0.1, -0.05) is 23.7 Å². The van der Waals surface area contributed by atoms with Gasteiger partial charge in [0, 0.05) is 35.6 Å². The van der Waals surface area contributed by atoms with E-state index in [2.05, 4.69) is 15.5 Å². The highest BCUT2D eigenvalue weighted by Crippen LogP contribution is 2.32. The summed E-state index contributed by atoms with van der Waals surface area (Å²) in [5, 5.41) is 10.7. The maximum atomic E-state index is 12.5. The predicted molar refractivity (Wildman–Crippen MR) is 98.8 cm³/mol. The van der Waals surface area contributed by atoms with Crippen LogP contribution < -0.4 is 5.32 Å². The molecule has 6 nitrogen and oxygen atoms in total. The SMILES string of the molecule is O=C(NC1CCN(C(=O)C2CC2)CC1)c1cc(-c2cccc(Cl)c2)n[nH]1. The number of hydrogen-bond acceptors (Lipinski definition) is 3. The average Bonchev–Trinajstić information content (AvgIpc) is 3.38. The number of piperidine rings is 1. The van der Waals surface area contributed by atoms with E-state index in [0.29, 0.717) is 16.4 Å². The molecule has 2 heterocycles. The van der Waals surface area contributed by atoms with Gasteiger partial charge in [0.05, 0.1) is 5.69 Å². The van der Waals surface area contributed by atoms with Crippen molar-refractivity contribution in [3.63, 3.8) is 0 Å². The van der Waals surface area contributed by atoms with E-state index in [1.807, 2.05) is 23.1 Å². The molecule has 2 fully saturated rings. The minimum atomic E-state index is -0.169. The van der Waals surface area contributed by atoms with Crippen LogP contribution in [0.4, 0.5) is 0 Å². The van der Waals surface area contributed by atoms with Crippen LogP contribution in [-0.4, -0.2) is 46.0 Å². The highest BCUT2D eigenvalue weighted by Gasteiger charge is 2.35. The number of carbonyl (C=O) groups is 2. The summed E-state index contributed by atoms with van der Waals surface area (Å²) in [6, 6.07) is 9.17. The molecule has 1 saturated heterocycles. The third-order valence-corrected chi connectivity index (χ3v) is 5.25. The van der Waals surface area contributed by atoms with Crippen molar-refractivity contribution >= 4 is 23.4 Å². The molecule has 7 heteroatoms. The number of nitrogens with one attached hydrogen (secondary N) is 2. The summed E-state index contributed by atoms with van der Waals surface area (Å²) >= 11 is 6.01. The highest BCUT2D eigenvalue weighted by atomic mass is 35.5. The molecule has 2 N–H and O–H groups in total. The zero-order valence-electron chi connectivity index (χ0n) is 14.4. The number of aromatic nitrogens is 2. The van der Waals surface area contributed by atoms with Crippen molar-refractivity contribution in [1.82, 2.24) is 20.4 Å². The van der Waals surface area contributed by atoms with Crippen LogP contribution in [0, 0.1) is 5.92 Å². The topological polar surface area (TPSA) is 78.1 Å². The Kier molecular flexibility index (Phi) is 4.68. The van der Waals surface area contributed by atoms with Crippen molar-refractivity contribution < 1.29 is 9.59 Å². The van der Waals surface area contributed by atoms with E-state index in [0.717, 1.165) is 44.3 Å². The van der Waals surface area contributed by atoms with Crippen molar-refractivity contribution in [3.05, 3.63) is 41.0 Å². The number of nitrogens with zero attached hydrogens (tertiary/aromatic N) is 2. The Hall–Kier alpha value is -2.34. The fourth-order valence-corrected chi connectivity index (χ4v) is 3.52. The third-order valence-electron chi connectivity index (χ3n) is 5.01. The Balaban J connectivity index is 1.33. The fourth-order valence-electron chi connectivity index (χ4n) is 3.33. The number of H-pyrrole nitrogens is 1. The van der Waals surface area contributed by atoms with Crippen LogP contribution in [-0.2, 0) is 4.79 Å². The van der Waals surface area contributed by atoms with Gasteiger partial charge >= 0.3 is 0 Å². The molecule has 4 rings (SSSR count). The summed E-state index contributed by atoms with van der Waals surface area (Å²) in [6.45, 7) is 1.44.